The van der Waals surface area contributed by atoms with E-state index in [1.54, 1.807) is 10.7 Å². The second-order valence-electron chi connectivity index (χ2n) is 6.67. The van der Waals surface area contributed by atoms with E-state index in [0.29, 0.717) is 22.8 Å². The number of aromatic nitrogens is 2. The molecule has 0 aromatic carbocycles. The highest BCUT2D eigenvalue weighted by Crippen LogP contribution is 2.37. The molecule has 1 aliphatic heterocycles. The smallest absolute Gasteiger partial charge is 0.341 e. The van der Waals surface area contributed by atoms with Gasteiger partial charge in [-0.15, -0.1) is 11.3 Å². The Kier molecular flexibility index (Phi) is 5.96. The number of carbonyl (C=O) groups excluding carboxylic acids is 2. The van der Waals surface area contributed by atoms with Crippen LogP contribution in [0.2, 0.25) is 0 Å². The Balaban J connectivity index is 1.90. The largest absolute Gasteiger partial charge is 0.465 e. The van der Waals surface area contributed by atoms with Crippen LogP contribution < -0.4 is 5.32 Å². The summed E-state index contributed by atoms with van der Waals surface area (Å²) in [5.41, 5.74) is 2.78. The van der Waals surface area contributed by atoms with Crippen LogP contribution in [0, 0.1) is 6.92 Å². The summed E-state index contributed by atoms with van der Waals surface area (Å²) in [5, 5.41) is 7.77. The fourth-order valence-corrected chi connectivity index (χ4v) is 4.75. The van der Waals surface area contributed by atoms with E-state index < -0.39 is 5.97 Å². The number of thiophene rings is 1. The Morgan fingerprint density at radius 3 is 2.78 bits per heavy atom. The second kappa shape index (κ2) is 8.22. The van der Waals surface area contributed by atoms with Crippen LogP contribution >= 0.6 is 11.3 Å². The lowest BCUT2D eigenvalue weighted by Crippen LogP contribution is -2.30. The normalized spacial score (nSPS) is 14.1. The van der Waals surface area contributed by atoms with E-state index in [9.17, 15) is 9.59 Å². The van der Waals surface area contributed by atoms with E-state index in [2.05, 4.69) is 22.2 Å². The zero-order valence-corrected chi connectivity index (χ0v) is 17.1. The molecule has 3 rings (SSSR count). The molecule has 1 aliphatic rings. The molecule has 0 fully saturated rings. The Bertz CT molecular complexity index is 856. The topological polar surface area (TPSA) is 76.5 Å². The van der Waals surface area contributed by atoms with Crippen LogP contribution in [0.25, 0.3) is 0 Å². The number of hydrogen-bond acceptors (Lipinski definition) is 6. The van der Waals surface area contributed by atoms with Crippen molar-refractivity contribution in [3.63, 3.8) is 0 Å². The van der Waals surface area contributed by atoms with Crippen LogP contribution in [0.5, 0.6) is 0 Å². The van der Waals surface area contributed by atoms with E-state index in [0.717, 1.165) is 48.6 Å². The maximum Gasteiger partial charge on any atom is 0.341 e. The van der Waals surface area contributed by atoms with Gasteiger partial charge in [-0.25, -0.2) is 4.79 Å². The lowest BCUT2D eigenvalue weighted by atomic mass is 10.0. The van der Waals surface area contributed by atoms with Gasteiger partial charge in [-0.2, -0.15) is 5.10 Å². The van der Waals surface area contributed by atoms with Gasteiger partial charge in [0.15, 0.2) is 5.69 Å². The molecule has 1 N–H and O–H groups in total. The van der Waals surface area contributed by atoms with Gasteiger partial charge in [0.2, 0.25) is 0 Å². The third kappa shape index (κ3) is 3.91. The van der Waals surface area contributed by atoms with Gasteiger partial charge in [0, 0.05) is 30.2 Å². The molecular weight excluding hydrogens is 364 g/mol. The van der Waals surface area contributed by atoms with Gasteiger partial charge >= 0.3 is 5.97 Å². The second-order valence-corrected chi connectivity index (χ2v) is 7.77. The molecule has 0 aliphatic carbocycles. The number of ether oxygens (including phenoxy) is 1. The van der Waals surface area contributed by atoms with Gasteiger partial charge in [-0.1, -0.05) is 6.92 Å². The number of fused-ring (bicyclic) bond motifs is 1. The quantitative estimate of drug-likeness (QED) is 0.767. The molecule has 0 radical (unpaired) electrons. The number of rotatable bonds is 6. The number of anilines is 1. The Morgan fingerprint density at radius 2 is 2.15 bits per heavy atom. The maximum atomic E-state index is 12.7. The highest BCUT2D eigenvalue weighted by Gasteiger charge is 2.29. The lowest BCUT2D eigenvalue weighted by molar-refractivity contribution is 0.0600. The van der Waals surface area contributed by atoms with E-state index in [1.807, 2.05) is 13.8 Å². The number of carbonyl (C=O) groups is 2. The van der Waals surface area contributed by atoms with Crippen molar-refractivity contribution in [1.29, 1.82) is 0 Å². The molecule has 0 saturated heterocycles. The van der Waals surface area contributed by atoms with Crippen LogP contribution in [0.4, 0.5) is 5.00 Å². The molecule has 7 nitrogen and oxygen atoms in total. The minimum Gasteiger partial charge on any atom is -0.465 e. The SMILES string of the molecule is CCCN1CCc2c(sc(NC(=O)c3cc(C)n(CC)n3)c2C(=O)OC)C1. The average molecular weight is 391 g/mol. The molecule has 0 saturated carbocycles. The lowest BCUT2D eigenvalue weighted by Gasteiger charge is -2.26. The van der Waals surface area contributed by atoms with Crippen molar-refractivity contribution in [2.75, 3.05) is 25.5 Å². The van der Waals surface area contributed by atoms with Crippen molar-refractivity contribution in [2.24, 2.45) is 0 Å². The monoisotopic (exact) mass is 390 g/mol. The number of nitrogens with one attached hydrogen (secondary N) is 1. The minimum absolute atomic E-state index is 0.306. The van der Waals surface area contributed by atoms with Crippen molar-refractivity contribution in [3.8, 4) is 0 Å². The molecule has 0 atom stereocenters. The first-order valence-corrected chi connectivity index (χ1v) is 10.1. The fourth-order valence-electron chi connectivity index (χ4n) is 3.48. The summed E-state index contributed by atoms with van der Waals surface area (Å²) in [7, 11) is 1.37. The summed E-state index contributed by atoms with van der Waals surface area (Å²) in [6.07, 6.45) is 1.88. The molecule has 0 bridgehead atoms. The van der Waals surface area contributed by atoms with Gasteiger partial charge in [-0.3, -0.25) is 14.4 Å². The summed E-state index contributed by atoms with van der Waals surface area (Å²) in [6, 6.07) is 1.76. The molecular formula is C19H26N4O3S. The first kappa shape index (κ1) is 19.6. The molecule has 8 heteroatoms. The van der Waals surface area contributed by atoms with Crippen molar-refractivity contribution in [2.45, 2.75) is 46.7 Å². The highest BCUT2D eigenvalue weighted by atomic mass is 32.1. The van der Waals surface area contributed by atoms with Crippen molar-refractivity contribution >= 4 is 28.2 Å². The number of aryl methyl sites for hydroxylation is 2. The zero-order chi connectivity index (χ0) is 19.6. The van der Waals surface area contributed by atoms with E-state index in [-0.39, 0.29) is 5.91 Å². The number of nitrogens with zero attached hydrogens (tertiary/aromatic N) is 3. The molecule has 3 heterocycles. The number of amides is 1. The Labute approximate surface area is 163 Å². The predicted octanol–water partition coefficient (Wildman–Crippen LogP) is 3.08. The third-order valence-corrected chi connectivity index (χ3v) is 5.94. The zero-order valence-electron chi connectivity index (χ0n) is 16.3. The molecule has 0 unspecified atom stereocenters. The van der Waals surface area contributed by atoms with Crippen LogP contribution in [0.15, 0.2) is 6.07 Å². The number of esters is 1. The van der Waals surface area contributed by atoms with E-state index in [4.69, 9.17) is 4.74 Å². The van der Waals surface area contributed by atoms with Crippen LogP contribution in [0.3, 0.4) is 0 Å². The van der Waals surface area contributed by atoms with Gasteiger partial charge < -0.3 is 10.1 Å². The minimum atomic E-state index is -0.401. The van der Waals surface area contributed by atoms with Crippen LogP contribution in [-0.4, -0.2) is 46.8 Å². The van der Waals surface area contributed by atoms with Crippen LogP contribution in [0.1, 0.15) is 57.2 Å². The summed E-state index contributed by atoms with van der Waals surface area (Å²) >= 11 is 1.47. The first-order valence-electron chi connectivity index (χ1n) is 9.29. The highest BCUT2D eigenvalue weighted by molar-refractivity contribution is 7.17. The number of methoxy groups -OCH3 is 1. The van der Waals surface area contributed by atoms with Crippen molar-refractivity contribution < 1.29 is 14.3 Å². The van der Waals surface area contributed by atoms with Gasteiger partial charge in [0.05, 0.1) is 12.7 Å². The molecule has 0 spiro atoms. The molecule has 2 aromatic rings. The average Bonchev–Trinajstić information content (AvgIpc) is 3.20. The first-order chi connectivity index (χ1) is 13.0. The maximum absolute atomic E-state index is 12.7. The van der Waals surface area contributed by atoms with E-state index in [1.165, 1.54) is 18.4 Å². The molecule has 146 valence electrons. The predicted molar refractivity (Wildman–Crippen MR) is 106 cm³/mol. The van der Waals surface area contributed by atoms with Gasteiger partial charge in [-0.05, 0) is 44.9 Å². The van der Waals surface area contributed by atoms with Crippen molar-refractivity contribution in [1.82, 2.24) is 14.7 Å². The summed E-state index contributed by atoms with van der Waals surface area (Å²) in [5.74, 6) is -0.707. The van der Waals surface area contributed by atoms with E-state index >= 15 is 0 Å². The molecule has 2 aromatic heterocycles. The number of hydrogen-bond donors (Lipinski definition) is 1. The standard InChI is InChI=1S/C19H26N4O3S/c1-5-8-22-9-7-13-15(11-22)27-18(16(13)19(25)26-4)20-17(24)14-10-12(3)23(6-2)21-14/h10H,5-9,11H2,1-4H3,(H,20,24). The summed E-state index contributed by atoms with van der Waals surface area (Å²) in [4.78, 5) is 28.6. The van der Waals surface area contributed by atoms with Gasteiger partial charge in [0.1, 0.15) is 5.00 Å². The molecule has 1 amide bonds. The van der Waals surface area contributed by atoms with Gasteiger partial charge in [0.25, 0.3) is 5.91 Å². The molecule has 27 heavy (non-hydrogen) atoms. The van der Waals surface area contributed by atoms with Crippen molar-refractivity contribution in [3.05, 3.63) is 33.5 Å². The van der Waals surface area contributed by atoms with Crippen LogP contribution in [-0.2, 0) is 24.2 Å². The Hall–Kier alpha value is -2.19. The fraction of sp³-hybridized carbons (Fsp3) is 0.526. The summed E-state index contributed by atoms with van der Waals surface area (Å²) in [6.45, 7) is 9.50. The third-order valence-electron chi connectivity index (χ3n) is 4.81. The Morgan fingerprint density at radius 1 is 1.37 bits per heavy atom. The summed E-state index contributed by atoms with van der Waals surface area (Å²) < 4.78 is 6.76.